The van der Waals surface area contributed by atoms with Crippen molar-refractivity contribution in [1.29, 1.82) is 0 Å². The van der Waals surface area contributed by atoms with E-state index in [9.17, 15) is 0 Å². The molecule has 0 unspecified atom stereocenters. The Hall–Kier alpha value is -0.800. The lowest BCUT2D eigenvalue weighted by Crippen LogP contribution is -2.49. The van der Waals surface area contributed by atoms with Crippen molar-refractivity contribution in [3.05, 3.63) is 24.2 Å². The summed E-state index contributed by atoms with van der Waals surface area (Å²) >= 11 is 0. The Morgan fingerprint density at radius 3 is 2.80 bits per heavy atom. The number of furan rings is 1. The smallest absolute Gasteiger partial charge is 0.103 e. The molecular weight excluding hydrogens is 188 g/mol. The molecule has 3 nitrogen and oxygen atoms in total. The van der Waals surface area contributed by atoms with E-state index >= 15 is 0 Å². The summed E-state index contributed by atoms with van der Waals surface area (Å²) in [5.41, 5.74) is 6.40. The zero-order valence-corrected chi connectivity index (χ0v) is 9.41. The number of nitrogens with two attached hydrogens (primary N) is 1. The van der Waals surface area contributed by atoms with Gasteiger partial charge in [0.25, 0.3) is 0 Å². The van der Waals surface area contributed by atoms with Gasteiger partial charge in [-0.25, -0.2) is 0 Å². The summed E-state index contributed by atoms with van der Waals surface area (Å²) in [5, 5.41) is 0. The number of nitrogens with zero attached hydrogens (tertiary/aromatic N) is 1. The van der Waals surface area contributed by atoms with Crippen molar-refractivity contribution < 1.29 is 4.42 Å². The number of aryl methyl sites for hydroxylation is 1. The Bertz CT molecular complexity index is 287. The zero-order chi connectivity index (χ0) is 10.7. The number of rotatable bonds is 3. The summed E-state index contributed by atoms with van der Waals surface area (Å²) < 4.78 is 5.32. The predicted octanol–water partition coefficient (Wildman–Crippen LogP) is 1.64. The van der Waals surface area contributed by atoms with Crippen LogP contribution in [-0.4, -0.2) is 30.6 Å². The van der Waals surface area contributed by atoms with E-state index < -0.39 is 0 Å². The maximum Gasteiger partial charge on any atom is 0.103 e. The first-order valence-corrected chi connectivity index (χ1v) is 5.68. The molecule has 1 aromatic heterocycles. The van der Waals surface area contributed by atoms with Crippen molar-refractivity contribution in [3.8, 4) is 0 Å². The molecule has 0 spiro atoms. The van der Waals surface area contributed by atoms with Crippen LogP contribution < -0.4 is 5.73 Å². The average molecular weight is 208 g/mol. The monoisotopic (exact) mass is 208 g/mol. The second-order valence-electron chi connectivity index (χ2n) is 4.75. The molecule has 84 valence electrons. The van der Waals surface area contributed by atoms with Gasteiger partial charge in [-0.2, -0.15) is 0 Å². The molecule has 1 aliphatic rings. The third-order valence-corrected chi connectivity index (χ3v) is 3.43. The molecule has 2 N–H and O–H groups in total. The molecule has 0 bridgehead atoms. The van der Waals surface area contributed by atoms with Crippen molar-refractivity contribution in [2.24, 2.45) is 5.73 Å². The Labute approximate surface area is 91.2 Å². The summed E-state index contributed by atoms with van der Waals surface area (Å²) in [6.45, 7) is 2.24. The highest BCUT2D eigenvalue weighted by Crippen LogP contribution is 2.24. The van der Waals surface area contributed by atoms with E-state index in [1.54, 1.807) is 6.26 Å². The normalized spacial score (nSPS) is 21.7. The quantitative estimate of drug-likeness (QED) is 0.821. The van der Waals surface area contributed by atoms with Crippen LogP contribution in [0, 0.1) is 0 Å². The van der Waals surface area contributed by atoms with Gasteiger partial charge >= 0.3 is 0 Å². The minimum absolute atomic E-state index is 0.0271. The highest BCUT2D eigenvalue weighted by Gasteiger charge is 2.29. The van der Waals surface area contributed by atoms with E-state index in [1.165, 1.54) is 0 Å². The Morgan fingerprint density at radius 2 is 2.20 bits per heavy atom. The predicted molar refractivity (Wildman–Crippen MR) is 60.7 cm³/mol. The molecule has 1 aromatic rings. The lowest BCUT2D eigenvalue weighted by Gasteiger charge is -2.37. The highest BCUT2D eigenvalue weighted by molar-refractivity contribution is 5.01. The van der Waals surface area contributed by atoms with E-state index in [1.807, 2.05) is 12.1 Å². The zero-order valence-electron chi connectivity index (χ0n) is 9.41. The van der Waals surface area contributed by atoms with E-state index in [0.29, 0.717) is 0 Å². The van der Waals surface area contributed by atoms with Crippen LogP contribution in [0.5, 0.6) is 0 Å². The summed E-state index contributed by atoms with van der Waals surface area (Å²) in [6, 6.07) is 3.96. The van der Waals surface area contributed by atoms with Crippen LogP contribution >= 0.6 is 0 Å². The van der Waals surface area contributed by atoms with Crippen LogP contribution in [0.4, 0.5) is 0 Å². The summed E-state index contributed by atoms with van der Waals surface area (Å²) in [5.74, 6) is 1.05. The molecule has 1 saturated heterocycles. The molecule has 2 heterocycles. The standard InChI is InChI=1S/C12H20N2O/c1-14-8-6-12(13,7-9-14)5-4-11-3-2-10-15-11/h2-3,10H,4-9,13H2,1H3. The SMILES string of the molecule is CN1CCC(N)(CCc2ccco2)CC1. The van der Waals surface area contributed by atoms with Crippen molar-refractivity contribution in [2.75, 3.05) is 20.1 Å². The van der Waals surface area contributed by atoms with E-state index in [4.69, 9.17) is 10.2 Å². The molecule has 0 radical (unpaired) electrons. The van der Waals surface area contributed by atoms with Crippen molar-refractivity contribution in [1.82, 2.24) is 4.90 Å². The maximum absolute atomic E-state index is 6.37. The molecule has 1 fully saturated rings. The van der Waals surface area contributed by atoms with Gasteiger partial charge in [0, 0.05) is 12.0 Å². The highest BCUT2D eigenvalue weighted by atomic mass is 16.3. The largest absolute Gasteiger partial charge is 0.469 e. The number of hydrogen-bond acceptors (Lipinski definition) is 3. The second-order valence-corrected chi connectivity index (χ2v) is 4.75. The molecule has 0 aromatic carbocycles. The van der Waals surface area contributed by atoms with E-state index in [-0.39, 0.29) is 5.54 Å². The minimum atomic E-state index is 0.0271. The molecule has 3 heteroatoms. The van der Waals surface area contributed by atoms with Gasteiger partial charge in [0.2, 0.25) is 0 Å². The topological polar surface area (TPSA) is 42.4 Å². The molecule has 0 aliphatic carbocycles. The first-order valence-electron chi connectivity index (χ1n) is 5.68. The van der Waals surface area contributed by atoms with Gasteiger partial charge in [0.15, 0.2) is 0 Å². The molecule has 0 saturated carbocycles. The van der Waals surface area contributed by atoms with Crippen LogP contribution in [-0.2, 0) is 6.42 Å². The fourth-order valence-electron chi connectivity index (χ4n) is 2.14. The van der Waals surface area contributed by atoms with Gasteiger partial charge in [0.1, 0.15) is 5.76 Å². The van der Waals surface area contributed by atoms with E-state index in [2.05, 4.69) is 11.9 Å². The fraction of sp³-hybridized carbons (Fsp3) is 0.667. The third kappa shape index (κ3) is 2.83. The molecular formula is C12H20N2O. The lowest BCUT2D eigenvalue weighted by molar-refractivity contribution is 0.181. The van der Waals surface area contributed by atoms with E-state index in [0.717, 1.165) is 44.5 Å². The minimum Gasteiger partial charge on any atom is -0.469 e. The average Bonchev–Trinajstić information content (AvgIpc) is 2.73. The summed E-state index contributed by atoms with van der Waals surface area (Å²) in [6.07, 6.45) is 5.93. The molecule has 15 heavy (non-hydrogen) atoms. The third-order valence-electron chi connectivity index (χ3n) is 3.43. The Kier molecular flexibility index (Phi) is 3.12. The van der Waals surface area contributed by atoms with Crippen molar-refractivity contribution in [3.63, 3.8) is 0 Å². The summed E-state index contributed by atoms with van der Waals surface area (Å²) in [4.78, 5) is 2.35. The molecule has 2 rings (SSSR count). The molecule has 0 atom stereocenters. The number of hydrogen-bond donors (Lipinski definition) is 1. The molecule has 0 amide bonds. The maximum atomic E-state index is 6.37. The fourth-order valence-corrected chi connectivity index (χ4v) is 2.14. The van der Waals surface area contributed by atoms with Gasteiger partial charge < -0.3 is 15.1 Å². The van der Waals surface area contributed by atoms with Gasteiger partial charge in [-0.05, 0) is 51.5 Å². The van der Waals surface area contributed by atoms with Gasteiger partial charge in [-0.15, -0.1) is 0 Å². The van der Waals surface area contributed by atoms with Gasteiger partial charge in [-0.1, -0.05) is 0 Å². The molecule has 1 aliphatic heterocycles. The van der Waals surface area contributed by atoms with Gasteiger partial charge in [0.05, 0.1) is 6.26 Å². The number of likely N-dealkylation sites (tertiary alicyclic amines) is 1. The first kappa shape index (κ1) is 10.7. The first-order chi connectivity index (χ1) is 7.18. The van der Waals surface area contributed by atoms with Crippen LogP contribution in [0.1, 0.15) is 25.0 Å². The van der Waals surface area contributed by atoms with Gasteiger partial charge in [-0.3, -0.25) is 0 Å². The Morgan fingerprint density at radius 1 is 1.47 bits per heavy atom. The number of piperidine rings is 1. The van der Waals surface area contributed by atoms with Crippen molar-refractivity contribution in [2.45, 2.75) is 31.2 Å². The van der Waals surface area contributed by atoms with Crippen LogP contribution in [0.3, 0.4) is 0 Å². The Balaban J connectivity index is 1.83. The second kappa shape index (κ2) is 4.37. The van der Waals surface area contributed by atoms with Crippen LogP contribution in [0.15, 0.2) is 22.8 Å². The van der Waals surface area contributed by atoms with Crippen molar-refractivity contribution >= 4 is 0 Å². The van der Waals surface area contributed by atoms with Crippen LogP contribution in [0.2, 0.25) is 0 Å². The van der Waals surface area contributed by atoms with Crippen LogP contribution in [0.25, 0.3) is 0 Å². The lowest BCUT2D eigenvalue weighted by atomic mass is 9.84. The summed E-state index contributed by atoms with van der Waals surface area (Å²) in [7, 11) is 2.16.